The highest BCUT2D eigenvalue weighted by atomic mass is 31.2. The molecule has 0 aliphatic carbocycles. The van der Waals surface area contributed by atoms with Crippen LogP contribution in [-0.2, 0) is 23.7 Å². The zero-order valence-electron chi connectivity index (χ0n) is 25.1. The molecule has 0 radical (unpaired) electrons. The summed E-state index contributed by atoms with van der Waals surface area (Å²) >= 11 is 0. The second-order valence-electron chi connectivity index (χ2n) is 12.8. The van der Waals surface area contributed by atoms with Crippen LogP contribution in [0.25, 0.3) is 0 Å². The summed E-state index contributed by atoms with van der Waals surface area (Å²) in [5, 5.41) is 10.2. The summed E-state index contributed by atoms with van der Waals surface area (Å²) in [5.74, 6) is -0.238. The lowest BCUT2D eigenvalue weighted by atomic mass is 9.96. The van der Waals surface area contributed by atoms with E-state index in [1.807, 2.05) is 34.1 Å². The number of hydrogen-bond acceptors (Lipinski definition) is 11. The summed E-state index contributed by atoms with van der Waals surface area (Å²) in [6, 6.07) is 0. The van der Waals surface area contributed by atoms with Crippen LogP contribution in [-0.4, -0.2) is 147 Å². The summed E-state index contributed by atoms with van der Waals surface area (Å²) in [7, 11) is -2.23. The zero-order chi connectivity index (χ0) is 29.6. The van der Waals surface area contributed by atoms with Crippen LogP contribution in [0.5, 0.6) is 0 Å². The van der Waals surface area contributed by atoms with Gasteiger partial charge in [-0.15, -0.1) is 0 Å². The van der Waals surface area contributed by atoms with Crippen LogP contribution in [0.4, 0.5) is 0 Å². The lowest BCUT2D eigenvalue weighted by molar-refractivity contribution is -0.191. The molecule has 3 N–H and O–H groups in total. The van der Waals surface area contributed by atoms with Crippen molar-refractivity contribution in [2.75, 3.05) is 98.2 Å². The Kier molecular flexibility index (Phi) is 17.0. The van der Waals surface area contributed by atoms with Crippen molar-refractivity contribution in [3.63, 3.8) is 0 Å². The van der Waals surface area contributed by atoms with Crippen molar-refractivity contribution >= 4 is 19.3 Å². The lowest BCUT2D eigenvalue weighted by Crippen LogP contribution is -2.50. The molecule has 0 aromatic carbocycles. The Morgan fingerprint density at radius 1 is 0.895 bits per heavy atom. The van der Waals surface area contributed by atoms with E-state index < -0.39 is 18.8 Å². The monoisotopic (exact) mass is 563 g/mol. The third kappa shape index (κ3) is 20.8. The van der Waals surface area contributed by atoms with Crippen LogP contribution in [0, 0.1) is 5.41 Å². The predicted octanol–water partition coefficient (Wildman–Crippen LogP) is 0.912. The first-order valence-corrected chi connectivity index (χ1v) is 16.2. The van der Waals surface area contributed by atoms with Crippen molar-refractivity contribution < 1.29 is 28.8 Å². The maximum absolute atomic E-state index is 12.7. The van der Waals surface area contributed by atoms with E-state index in [1.165, 1.54) is 0 Å². The Morgan fingerprint density at radius 2 is 1.32 bits per heavy atom. The van der Waals surface area contributed by atoms with Crippen molar-refractivity contribution in [3.05, 3.63) is 0 Å². The topological polar surface area (TPSA) is 137 Å². The van der Waals surface area contributed by atoms with Gasteiger partial charge in [0.25, 0.3) is 0 Å². The quantitative estimate of drug-likeness (QED) is 0.322. The van der Waals surface area contributed by atoms with Crippen molar-refractivity contribution in [2.45, 2.75) is 53.2 Å². The molecule has 0 amide bonds. The second-order valence-corrected chi connectivity index (χ2v) is 16.2. The summed E-state index contributed by atoms with van der Waals surface area (Å²) in [4.78, 5) is 38.0. The highest BCUT2D eigenvalue weighted by molar-refractivity contribution is 7.62. The number of aliphatic hydroxyl groups excluding tert-OH is 1. The number of ether oxygens (including phenoxy) is 1. The van der Waals surface area contributed by atoms with E-state index in [1.54, 1.807) is 0 Å². The van der Waals surface area contributed by atoms with Gasteiger partial charge in [0.15, 0.2) is 0 Å². The molecule has 0 spiro atoms. The lowest BCUT2D eigenvalue weighted by Gasteiger charge is -2.37. The van der Waals surface area contributed by atoms with E-state index in [4.69, 9.17) is 20.1 Å². The molecule has 0 bridgehead atoms. The molecule has 0 aromatic heterocycles. The van der Waals surface area contributed by atoms with E-state index in [-0.39, 0.29) is 30.6 Å². The smallest absolute Gasteiger partial charge is 0.373 e. The molecular formula is C26H54N5O6P. The minimum Gasteiger partial charge on any atom is -0.459 e. The average Bonchev–Trinajstić information content (AvgIpc) is 2.72. The summed E-state index contributed by atoms with van der Waals surface area (Å²) in [6.07, 6.45) is 0.253. The minimum atomic E-state index is -2.23. The first kappa shape index (κ1) is 36.8. The normalized spacial score (nSPS) is 19.3. The minimum absolute atomic E-state index is 0.165. The number of rotatable bonds is 8. The average molecular weight is 564 g/mol. The molecule has 1 aliphatic rings. The number of aliphatic hydroxyl groups is 1. The van der Waals surface area contributed by atoms with Gasteiger partial charge in [-0.3, -0.25) is 19.5 Å². The van der Waals surface area contributed by atoms with Gasteiger partial charge in [0, 0.05) is 72.0 Å². The van der Waals surface area contributed by atoms with Crippen LogP contribution in [0.3, 0.4) is 0 Å². The van der Waals surface area contributed by atoms with Gasteiger partial charge in [-0.05, 0) is 39.5 Å². The second kappa shape index (κ2) is 17.5. The van der Waals surface area contributed by atoms with Crippen molar-refractivity contribution in [1.82, 2.24) is 19.6 Å². The maximum Gasteiger partial charge on any atom is 0.373 e. The molecule has 38 heavy (non-hydrogen) atoms. The third-order valence-electron chi connectivity index (χ3n) is 5.68. The molecule has 224 valence electrons. The molecule has 11 nitrogen and oxygen atoms in total. The number of nitrogens with two attached hydrogens (primary N) is 1. The number of esters is 1. The largest absolute Gasteiger partial charge is 0.459 e. The van der Waals surface area contributed by atoms with Gasteiger partial charge in [-0.2, -0.15) is 9.59 Å². The van der Waals surface area contributed by atoms with E-state index in [0.29, 0.717) is 25.9 Å². The Bertz CT molecular complexity index is 758. The van der Waals surface area contributed by atoms with Crippen molar-refractivity contribution in [3.8, 4) is 0 Å². The molecule has 0 saturated carbocycles. The van der Waals surface area contributed by atoms with Gasteiger partial charge in [0.05, 0.1) is 26.1 Å². The summed E-state index contributed by atoms with van der Waals surface area (Å²) in [5.41, 5.74) is 5.34. The third-order valence-corrected chi connectivity index (χ3v) is 6.76. The number of carbonyl (C=O) groups is 1. The van der Waals surface area contributed by atoms with Crippen LogP contribution >= 0.6 is 7.14 Å². The highest BCUT2D eigenvalue weighted by Crippen LogP contribution is 2.36. The van der Waals surface area contributed by atoms with Crippen molar-refractivity contribution in [2.24, 2.45) is 11.1 Å². The maximum atomic E-state index is 12.7. The van der Waals surface area contributed by atoms with Gasteiger partial charge in [-0.25, -0.2) is 0 Å². The molecule has 1 saturated heterocycles. The molecule has 1 aliphatic heterocycles. The molecule has 1 heterocycles. The van der Waals surface area contributed by atoms with Gasteiger partial charge in [0.1, 0.15) is 5.60 Å². The Balaban J connectivity index is 0.00000434. The van der Waals surface area contributed by atoms with Crippen LogP contribution in [0.1, 0.15) is 41.5 Å². The SMILES string of the molecule is CC(C)(C)CN1CCN(CC(O)CN)CCN(CC(=O)OC(C)(C)C)CCN(CP(C)(C)=O)CC1.O=C=O. The van der Waals surface area contributed by atoms with Crippen LogP contribution in [0.2, 0.25) is 0 Å². The van der Waals surface area contributed by atoms with E-state index in [2.05, 4.69) is 40.4 Å². The molecular weight excluding hydrogens is 509 g/mol. The highest BCUT2D eigenvalue weighted by Gasteiger charge is 2.24. The molecule has 1 rings (SSSR count). The Morgan fingerprint density at radius 3 is 1.71 bits per heavy atom. The summed E-state index contributed by atoms with van der Waals surface area (Å²) in [6.45, 7) is 24.2. The number of hydrogen-bond donors (Lipinski definition) is 2. The fourth-order valence-corrected chi connectivity index (χ4v) is 5.55. The zero-order valence-corrected chi connectivity index (χ0v) is 26.0. The van der Waals surface area contributed by atoms with E-state index in [9.17, 15) is 14.5 Å². The van der Waals surface area contributed by atoms with Crippen LogP contribution in [0.15, 0.2) is 0 Å². The number of carbonyl (C=O) groups excluding carboxylic acids is 3. The first-order chi connectivity index (χ1) is 17.4. The molecule has 1 unspecified atom stereocenters. The van der Waals surface area contributed by atoms with Gasteiger partial charge in [0.2, 0.25) is 0 Å². The van der Waals surface area contributed by atoms with Crippen LogP contribution < -0.4 is 5.73 Å². The molecule has 1 atom stereocenters. The summed E-state index contributed by atoms with van der Waals surface area (Å²) < 4.78 is 18.2. The predicted molar refractivity (Wildman–Crippen MR) is 151 cm³/mol. The fourth-order valence-electron chi connectivity index (χ4n) is 4.30. The number of β-amino-alcohol motifs (C(OH)–C–C–N with tert-alkyl or cyclic N) is 1. The number of nitrogens with zero attached hydrogens (tertiary/aromatic N) is 4. The molecule has 0 aromatic rings. The molecule has 1 fully saturated rings. The van der Waals surface area contributed by atoms with Gasteiger partial charge in [-0.1, -0.05) is 20.8 Å². The van der Waals surface area contributed by atoms with Crippen molar-refractivity contribution in [1.29, 1.82) is 0 Å². The van der Waals surface area contributed by atoms with Gasteiger partial charge >= 0.3 is 12.1 Å². The Hall–Kier alpha value is -1.16. The van der Waals surface area contributed by atoms with E-state index >= 15 is 0 Å². The molecule has 12 heteroatoms. The van der Waals surface area contributed by atoms with E-state index in [0.717, 1.165) is 45.8 Å². The first-order valence-electron chi connectivity index (χ1n) is 13.4. The standard InChI is InChI=1S/C25H54N5O4P.CO2/c1-24(2,3)20-29-13-11-27(18-22(31)17-26)9-10-28(19-23(32)34-25(4,5)6)12-15-30(16-14-29)21-35(7,8)33;2-1-3/h22,31H,9-21,26H2,1-8H3;. The fraction of sp³-hybridized carbons (Fsp3) is 0.923. The Labute approximate surface area is 230 Å². The van der Waals surface area contributed by atoms with Gasteiger partial charge < -0.3 is 25.0 Å².